The number of anilines is 2. The number of benzene rings is 1. The van der Waals surface area contributed by atoms with Crippen molar-refractivity contribution in [3.63, 3.8) is 0 Å². The normalized spacial score (nSPS) is 10.4. The highest BCUT2D eigenvalue weighted by molar-refractivity contribution is 6.32. The van der Waals surface area contributed by atoms with Gasteiger partial charge in [0.05, 0.1) is 6.20 Å². The maximum absolute atomic E-state index is 12.8. The Labute approximate surface area is 128 Å². The predicted octanol–water partition coefficient (Wildman–Crippen LogP) is 3.75. The molecule has 0 saturated carbocycles. The zero-order chi connectivity index (χ0) is 15.1. The van der Waals surface area contributed by atoms with Gasteiger partial charge in [-0.1, -0.05) is 30.7 Å². The third-order valence-corrected chi connectivity index (χ3v) is 3.17. The molecule has 0 saturated heterocycles. The number of nitrogens with zero attached hydrogens (tertiary/aromatic N) is 2. The SMILES string of the molecule is CCCNc1ncc(Cl)c(NCCc2ccc(F)cc2)n1. The predicted molar refractivity (Wildman–Crippen MR) is 84.4 cm³/mol. The van der Waals surface area contributed by atoms with E-state index in [0.29, 0.717) is 23.3 Å². The maximum atomic E-state index is 12.8. The van der Waals surface area contributed by atoms with Gasteiger partial charge in [0, 0.05) is 13.1 Å². The summed E-state index contributed by atoms with van der Waals surface area (Å²) in [6.45, 7) is 3.55. The molecule has 1 aromatic heterocycles. The summed E-state index contributed by atoms with van der Waals surface area (Å²) in [5.74, 6) is 0.940. The zero-order valence-electron chi connectivity index (χ0n) is 11.9. The molecule has 0 atom stereocenters. The summed E-state index contributed by atoms with van der Waals surface area (Å²) >= 11 is 6.07. The van der Waals surface area contributed by atoms with Crippen molar-refractivity contribution in [2.24, 2.45) is 0 Å². The van der Waals surface area contributed by atoms with Crippen molar-refractivity contribution >= 4 is 23.4 Å². The number of hydrogen-bond acceptors (Lipinski definition) is 4. The van der Waals surface area contributed by atoms with Crippen molar-refractivity contribution in [3.05, 3.63) is 46.9 Å². The van der Waals surface area contributed by atoms with Gasteiger partial charge in [-0.3, -0.25) is 0 Å². The van der Waals surface area contributed by atoms with Crippen molar-refractivity contribution in [1.82, 2.24) is 9.97 Å². The molecule has 0 radical (unpaired) electrons. The summed E-state index contributed by atoms with van der Waals surface area (Å²) in [6.07, 6.45) is 3.34. The van der Waals surface area contributed by atoms with Gasteiger partial charge in [0.2, 0.25) is 5.95 Å². The summed E-state index contributed by atoms with van der Waals surface area (Å²) < 4.78 is 12.8. The smallest absolute Gasteiger partial charge is 0.224 e. The van der Waals surface area contributed by atoms with Crippen LogP contribution in [0.5, 0.6) is 0 Å². The molecule has 1 aromatic carbocycles. The van der Waals surface area contributed by atoms with Crippen LogP contribution in [0, 0.1) is 5.82 Å². The molecule has 112 valence electrons. The minimum Gasteiger partial charge on any atom is -0.368 e. The summed E-state index contributed by atoms with van der Waals surface area (Å²) in [7, 11) is 0. The Bertz CT molecular complexity index is 574. The molecule has 0 fully saturated rings. The molecule has 0 unspecified atom stereocenters. The van der Waals surface area contributed by atoms with E-state index in [1.807, 2.05) is 0 Å². The van der Waals surface area contributed by atoms with E-state index in [1.165, 1.54) is 12.1 Å². The average Bonchev–Trinajstić information content (AvgIpc) is 2.50. The lowest BCUT2D eigenvalue weighted by atomic mass is 10.1. The van der Waals surface area contributed by atoms with Gasteiger partial charge in [-0.25, -0.2) is 9.37 Å². The van der Waals surface area contributed by atoms with Crippen LogP contribution >= 0.6 is 11.6 Å². The van der Waals surface area contributed by atoms with Crippen LogP contribution < -0.4 is 10.6 Å². The highest BCUT2D eigenvalue weighted by atomic mass is 35.5. The van der Waals surface area contributed by atoms with Crippen LogP contribution in [0.4, 0.5) is 16.2 Å². The Morgan fingerprint density at radius 3 is 2.62 bits per heavy atom. The quantitative estimate of drug-likeness (QED) is 0.818. The molecule has 0 bridgehead atoms. The number of rotatable bonds is 7. The first-order chi connectivity index (χ1) is 10.2. The first-order valence-corrected chi connectivity index (χ1v) is 7.31. The van der Waals surface area contributed by atoms with Gasteiger partial charge in [-0.2, -0.15) is 4.98 Å². The summed E-state index contributed by atoms with van der Waals surface area (Å²) in [6, 6.07) is 6.46. The average molecular weight is 309 g/mol. The Balaban J connectivity index is 1.91. The Kier molecular flexibility index (Phi) is 5.75. The van der Waals surface area contributed by atoms with Crippen LogP contribution in [0.25, 0.3) is 0 Å². The molecule has 0 aliphatic carbocycles. The van der Waals surface area contributed by atoms with E-state index in [-0.39, 0.29) is 5.82 Å². The van der Waals surface area contributed by atoms with Gasteiger partial charge in [-0.05, 0) is 30.5 Å². The van der Waals surface area contributed by atoms with Crippen molar-refractivity contribution in [3.8, 4) is 0 Å². The Morgan fingerprint density at radius 2 is 1.90 bits per heavy atom. The fraction of sp³-hybridized carbons (Fsp3) is 0.333. The van der Waals surface area contributed by atoms with Crippen LogP contribution in [0.15, 0.2) is 30.5 Å². The first kappa shape index (κ1) is 15.5. The van der Waals surface area contributed by atoms with Gasteiger partial charge < -0.3 is 10.6 Å². The molecule has 2 aromatic rings. The largest absolute Gasteiger partial charge is 0.368 e. The second kappa shape index (κ2) is 7.78. The lowest BCUT2D eigenvalue weighted by Crippen LogP contribution is -2.10. The van der Waals surface area contributed by atoms with Gasteiger partial charge in [0.1, 0.15) is 16.7 Å². The van der Waals surface area contributed by atoms with E-state index < -0.39 is 0 Å². The van der Waals surface area contributed by atoms with E-state index in [1.54, 1.807) is 18.3 Å². The molecule has 0 aliphatic heterocycles. The van der Waals surface area contributed by atoms with E-state index >= 15 is 0 Å². The summed E-state index contributed by atoms with van der Waals surface area (Å²) in [4.78, 5) is 8.45. The number of halogens is 2. The molecule has 0 amide bonds. The van der Waals surface area contributed by atoms with E-state index in [9.17, 15) is 4.39 Å². The molecule has 1 heterocycles. The number of aromatic nitrogens is 2. The molecule has 6 heteroatoms. The number of hydrogen-bond donors (Lipinski definition) is 2. The Hall–Kier alpha value is -1.88. The van der Waals surface area contributed by atoms with Gasteiger partial charge >= 0.3 is 0 Å². The number of nitrogens with one attached hydrogen (secondary N) is 2. The topological polar surface area (TPSA) is 49.8 Å². The fourth-order valence-corrected chi connectivity index (χ4v) is 1.95. The van der Waals surface area contributed by atoms with E-state index in [2.05, 4.69) is 27.5 Å². The van der Waals surface area contributed by atoms with Crippen LogP contribution in [0.2, 0.25) is 5.02 Å². The first-order valence-electron chi connectivity index (χ1n) is 6.93. The van der Waals surface area contributed by atoms with Crippen LogP contribution in [0.3, 0.4) is 0 Å². The minimum absolute atomic E-state index is 0.225. The molecule has 2 N–H and O–H groups in total. The summed E-state index contributed by atoms with van der Waals surface area (Å²) in [5, 5.41) is 6.77. The third-order valence-electron chi connectivity index (χ3n) is 2.90. The third kappa shape index (κ3) is 4.86. The standard InChI is InChI=1S/C15H18ClFN4/c1-2-8-19-15-20-10-13(16)14(21-15)18-9-7-11-3-5-12(17)6-4-11/h3-6,10H,2,7-9H2,1H3,(H2,18,19,20,21). The second-order valence-corrected chi connectivity index (χ2v) is 5.03. The van der Waals surface area contributed by atoms with Crippen LogP contribution in [-0.2, 0) is 6.42 Å². The van der Waals surface area contributed by atoms with Gasteiger partial charge in [0.15, 0.2) is 0 Å². The van der Waals surface area contributed by atoms with E-state index in [0.717, 1.165) is 24.9 Å². The van der Waals surface area contributed by atoms with Crippen molar-refractivity contribution < 1.29 is 4.39 Å². The molecule has 21 heavy (non-hydrogen) atoms. The zero-order valence-corrected chi connectivity index (χ0v) is 12.6. The molecule has 4 nitrogen and oxygen atoms in total. The molecule has 0 spiro atoms. The lowest BCUT2D eigenvalue weighted by Gasteiger charge is -2.09. The van der Waals surface area contributed by atoms with Crippen LogP contribution in [0.1, 0.15) is 18.9 Å². The van der Waals surface area contributed by atoms with Crippen molar-refractivity contribution in [2.45, 2.75) is 19.8 Å². The maximum Gasteiger partial charge on any atom is 0.224 e. The van der Waals surface area contributed by atoms with Gasteiger partial charge in [0.25, 0.3) is 0 Å². The fourth-order valence-electron chi connectivity index (χ4n) is 1.79. The highest BCUT2D eigenvalue weighted by Gasteiger charge is 2.04. The summed E-state index contributed by atoms with van der Waals surface area (Å²) in [5.41, 5.74) is 1.05. The molecular weight excluding hydrogens is 291 g/mol. The minimum atomic E-state index is -0.225. The monoisotopic (exact) mass is 308 g/mol. The van der Waals surface area contributed by atoms with Crippen molar-refractivity contribution in [1.29, 1.82) is 0 Å². The van der Waals surface area contributed by atoms with Gasteiger partial charge in [-0.15, -0.1) is 0 Å². The highest BCUT2D eigenvalue weighted by Crippen LogP contribution is 2.19. The molecule has 2 rings (SSSR count). The van der Waals surface area contributed by atoms with Crippen molar-refractivity contribution in [2.75, 3.05) is 23.7 Å². The van der Waals surface area contributed by atoms with Crippen LogP contribution in [-0.4, -0.2) is 23.1 Å². The van der Waals surface area contributed by atoms with E-state index in [4.69, 9.17) is 11.6 Å². The molecule has 0 aliphatic rings. The Morgan fingerprint density at radius 1 is 1.14 bits per heavy atom. The second-order valence-electron chi connectivity index (χ2n) is 4.62. The molecular formula is C15H18ClFN4. The lowest BCUT2D eigenvalue weighted by molar-refractivity contribution is 0.627.